The molecule has 1 aliphatic carbocycles. The van der Waals surface area contributed by atoms with Crippen molar-refractivity contribution < 1.29 is 4.42 Å². The molecule has 0 aliphatic heterocycles. The van der Waals surface area contributed by atoms with Gasteiger partial charge in [-0.3, -0.25) is 0 Å². The van der Waals surface area contributed by atoms with Crippen molar-refractivity contribution in [3.8, 4) is 0 Å². The molecule has 2 unspecified atom stereocenters. The van der Waals surface area contributed by atoms with Gasteiger partial charge in [0.1, 0.15) is 5.76 Å². The maximum Gasteiger partial charge on any atom is 0.107 e. The Morgan fingerprint density at radius 3 is 2.68 bits per heavy atom. The Balaban J connectivity index is 2.08. The van der Waals surface area contributed by atoms with Gasteiger partial charge in [-0.25, -0.2) is 0 Å². The van der Waals surface area contributed by atoms with E-state index >= 15 is 0 Å². The zero-order valence-corrected chi connectivity index (χ0v) is 13.1. The average Bonchev–Trinajstić information content (AvgIpc) is 2.78. The van der Waals surface area contributed by atoms with Crippen molar-refractivity contribution in [2.45, 2.75) is 65.3 Å². The van der Waals surface area contributed by atoms with Crippen LogP contribution in [-0.4, -0.2) is 12.1 Å². The van der Waals surface area contributed by atoms with Gasteiger partial charge in [0.15, 0.2) is 0 Å². The van der Waals surface area contributed by atoms with E-state index in [1.165, 1.54) is 25.0 Å². The van der Waals surface area contributed by atoms with E-state index in [0.29, 0.717) is 17.3 Å². The monoisotopic (exact) mass is 263 g/mol. The minimum atomic E-state index is 0.195. The minimum Gasteiger partial charge on any atom is -0.469 e. The Bertz CT molecular complexity index is 386. The molecule has 1 saturated carbocycles. The molecule has 0 amide bonds. The fraction of sp³-hybridized carbons (Fsp3) is 0.765. The van der Waals surface area contributed by atoms with Gasteiger partial charge >= 0.3 is 0 Å². The molecule has 0 bridgehead atoms. The highest BCUT2D eigenvalue weighted by Crippen LogP contribution is 2.46. The van der Waals surface area contributed by atoms with Crippen LogP contribution in [0.4, 0.5) is 0 Å². The van der Waals surface area contributed by atoms with Crippen molar-refractivity contribution in [3.63, 3.8) is 0 Å². The molecule has 2 heteroatoms. The predicted octanol–water partition coefficient (Wildman–Crippen LogP) is 4.58. The Labute approximate surface area is 118 Å². The molecule has 0 saturated heterocycles. The fourth-order valence-corrected chi connectivity index (χ4v) is 3.16. The van der Waals surface area contributed by atoms with Crippen LogP contribution in [0.5, 0.6) is 0 Å². The number of hydrogen-bond donors (Lipinski definition) is 1. The van der Waals surface area contributed by atoms with E-state index in [2.05, 4.69) is 46.0 Å². The largest absolute Gasteiger partial charge is 0.469 e. The van der Waals surface area contributed by atoms with E-state index in [0.717, 1.165) is 6.54 Å². The van der Waals surface area contributed by atoms with Gasteiger partial charge in [0.2, 0.25) is 0 Å². The molecule has 2 nitrogen and oxygen atoms in total. The van der Waals surface area contributed by atoms with E-state index in [1.807, 2.05) is 12.3 Å². The fourth-order valence-electron chi connectivity index (χ4n) is 3.16. The lowest BCUT2D eigenvalue weighted by molar-refractivity contribution is 0.141. The normalized spacial score (nSPS) is 27.4. The van der Waals surface area contributed by atoms with E-state index in [4.69, 9.17) is 4.42 Å². The number of rotatable bonds is 3. The second-order valence-corrected chi connectivity index (χ2v) is 7.92. The first-order valence-corrected chi connectivity index (χ1v) is 7.55. The molecular formula is C17H29NO. The summed E-state index contributed by atoms with van der Waals surface area (Å²) in [4.78, 5) is 0. The van der Waals surface area contributed by atoms with Gasteiger partial charge in [0, 0.05) is 11.5 Å². The highest BCUT2D eigenvalue weighted by atomic mass is 16.3. The van der Waals surface area contributed by atoms with Crippen LogP contribution in [0, 0.1) is 11.3 Å². The quantitative estimate of drug-likeness (QED) is 0.863. The molecule has 0 spiro atoms. The highest BCUT2D eigenvalue weighted by molar-refractivity contribution is 5.10. The Kier molecular flexibility index (Phi) is 4.10. The molecule has 1 heterocycles. The first-order valence-electron chi connectivity index (χ1n) is 7.55. The van der Waals surface area contributed by atoms with Gasteiger partial charge in [0.25, 0.3) is 0 Å². The minimum absolute atomic E-state index is 0.195. The zero-order chi connectivity index (χ0) is 14.1. The third kappa shape index (κ3) is 4.10. The van der Waals surface area contributed by atoms with Gasteiger partial charge in [-0.1, -0.05) is 13.8 Å². The summed E-state index contributed by atoms with van der Waals surface area (Å²) < 4.78 is 5.70. The molecule has 0 aromatic carbocycles. The molecule has 108 valence electrons. The molecule has 2 rings (SSSR count). The molecule has 0 radical (unpaired) electrons. The Morgan fingerprint density at radius 2 is 2.11 bits per heavy atom. The summed E-state index contributed by atoms with van der Waals surface area (Å²) >= 11 is 0. The first kappa shape index (κ1) is 14.6. The number of hydrogen-bond acceptors (Lipinski definition) is 2. The SMILES string of the molecule is CC1(C)CCC(CNC(C)(C)C)C(c2ccco2)C1. The second kappa shape index (κ2) is 5.32. The van der Waals surface area contributed by atoms with E-state index in [-0.39, 0.29) is 5.54 Å². The van der Waals surface area contributed by atoms with Gasteiger partial charge in [-0.15, -0.1) is 0 Å². The van der Waals surface area contributed by atoms with E-state index < -0.39 is 0 Å². The lowest BCUT2D eigenvalue weighted by Crippen LogP contribution is -2.42. The number of furan rings is 1. The second-order valence-electron chi connectivity index (χ2n) is 7.92. The standard InChI is InChI=1S/C17H29NO/c1-16(2,3)18-12-13-8-9-17(4,5)11-14(13)15-7-6-10-19-15/h6-7,10,13-14,18H,8-9,11-12H2,1-5H3. The summed E-state index contributed by atoms with van der Waals surface area (Å²) in [6.07, 6.45) is 5.66. The Morgan fingerprint density at radius 1 is 1.37 bits per heavy atom. The van der Waals surface area contributed by atoms with Crippen LogP contribution < -0.4 is 5.32 Å². The molecule has 1 aliphatic rings. The van der Waals surface area contributed by atoms with Crippen LogP contribution in [0.25, 0.3) is 0 Å². The first-order chi connectivity index (χ1) is 8.77. The average molecular weight is 263 g/mol. The molecule has 1 fully saturated rings. The smallest absolute Gasteiger partial charge is 0.107 e. The van der Waals surface area contributed by atoms with Gasteiger partial charge in [-0.05, 0) is 70.0 Å². The molecule has 1 aromatic heterocycles. The van der Waals surface area contributed by atoms with Crippen molar-refractivity contribution in [3.05, 3.63) is 24.2 Å². The molecule has 1 N–H and O–H groups in total. The molecular weight excluding hydrogens is 234 g/mol. The maximum absolute atomic E-state index is 5.70. The van der Waals surface area contributed by atoms with Crippen molar-refractivity contribution >= 4 is 0 Å². The third-order valence-corrected chi connectivity index (χ3v) is 4.34. The lowest BCUT2D eigenvalue weighted by Gasteiger charge is -2.41. The topological polar surface area (TPSA) is 25.2 Å². The van der Waals surface area contributed by atoms with Crippen molar-refractivity contribution in [1.82, 2.24) is 5.32 Å². The van der Waals surface area contributed by atoms with Crippen LogP contribution >= 0.6 is 0 Å². The summed E-state index contributed by atoms with van der Waals surface area (Å²) in [6, 6.07) is 4.17. The van der Waals surface area contributed by atoms with E-state index in [1.54, 1.807) is 0 Å². The summed E-state index contributed by atoms with van der Waals surface area (Å²) in [7, 11) is 0. The summed E-state index contributed by atoms with van der Waals surface area (Å²) in [5.74, 6) is 2.43. The molecule has 19 heavy (non-hydrogen) atoms. The molecule has 2 atom stereocenters. The maximum atomic E-state index is 5.70. The third-order valence-electron chi connectivity index (χ3n) is 4.34. The van der Waals surface area contributed by atoms with Crippen LogP contribution in [0.2, 0.25) is 0 Å². The van der Waals surface area contributed by atoms with Crippen LogP contribution in [0.1, 0.15) is 65.6 Å². The predicted molar refractivity (Wildman–Crippen MR) is 80.3 cm³/mol. The van der Waals surface area contributed by atoms with E-state index in [9.17, 15) is 0 Å². The van der Waals surface area contributed by atoms with Crippen molar-refractivity contribution in [2.75, 3.05) is 6.54 Å². The Hall–Kier alpha value is -0.760. The van der Waals surface area contributed by atoms with Crippen molar-refractivity contribution in [2.24, 2.45) is 11.3 Å². The zero-order valence-electron chi connectivity index (χ0n) is 13.1. The summed E-state index contributed by atoms with van der Waals surface area (Å²) in [5, 5.41) is 3.67. The van der Waals surface area contributed by atoms with Gasteiger partial charge in [0.05, 0.1) is 6.26 Å². The number of nitrogens with one attached hydrogen (secondary N) is 1. The van der Waals surface area contributed by atoms with Crippen LogP contribution in [0.15, 0.2) is 22.8 Å². The molecule has 1 aromatic rings. The summed E-state index contributed by atoms with van der Waals surface area (Å²) in [6.45, 7) is 12.6. The summed E-state index contributed by atoms with van der Waals surface area (Å²) in [5.41, 5.74) is 0.635. The van der Waals surface area contributed by atoms with Gasteiger partial charge in [-0.2, -0.15) is 0 Å². The van der Waals surface area contributed by atoms with Gasteiger partial charge < -0.3 is 9.73 Å². The van der Waals surface area contributed by atoms with Crippen LogP contribution in [-0.2, 0) is 0 Å². The lowest BCUT2D eigenvalue weighted by atomic mass is 9.66. The van der Waals surface area contributed by atoms with Crippen molar-refractivity contribution in [1.29, 1.82) is 0 Å². The van der Waals surface area contributed by atoms with Crippen LogP contribution in [0.3, 0.4) is 0 Å². The highest BCUT2D eigenvalue weighted by Gasteiger charge is 2.37.